The van der Waals surface area contributed by atoms with E-state index < -0.39 is 0 Å². The van der Waals surface area contributed by atoms with E-state index in [4.69, 9.17) is 15.7 Å². The molecule has 0 aliphatic heterocycles. The van der Waals surface area contributed by atoms with Gasteiger partial charge in [0.2, 0.25) is 0 Å². The number of nitrogens with zero attached hydrogens (tertiary/aromatic N) is 2. The van der Waals surface area contributed by atoms with E-state index >= 15 is 0 Å². The van der Waals surface area contributed by atoms with E-state index in [2.05, 4.69) is 37.8 Å². The van der Waals surface area contributed by atoms with Gasteiger partial charge in [0, 0.05) is 32.7 Å². The maximum atomic E-state index is 8.52. The topological polar surface area (TPSA) is 71.1 Å². The van der Waals surface area contributed by atoms with Crippen LogP contribution in [0.2, 0.25) is 0 Å². The first kappa shape index (κ1) is 17.2. The second-order valence-electron chi connectivity index (χ2n) is 5.50. The molecular formula is C13H29N3O2. The Kier molecular flexibility index (Phi) is 9.69. The van der Waals surface area contributed by atoms with Gasteiger partial charge in [-0.2, -0.15) is 0 Å². The van der Waals surface area contributed by atoms with Crippen molar-refractivity contribution in [2.24, 2.45) is 22.7 Å². The van der Waals surface area contributed by atoms with Crippen molar-refractivity contribution < 1.29 is 9.94 Å². The highest BCUT2D eigenvalue weighted by molar-refractivity contribution is 5.79. The van der Waals surface area contributed by atoms with Crippen molar-refractivity contribution in [1.29, 1.82) is 0 Å². The van der Waals surface area contributed by atoms with Gasteiger partial charge < -0.3 is 20.6 Å². The first-order chi connectivity index (χ1) is 8.45. The zero-order valence-electron chi connectivity index (χ0n) is 12.2. The van der Waals surface area contributed by atoms with E-state index in [0.717, 1.165) is 32.8 Å². The molecule has 0 aromatic heterocycles. The number of nitrogens with two attached hydrogens (primary N) is 1. The van der Waals surface area contributed by atoms with Crippen LogP contribution in [0.3, 0.4) is 0 Å². The van der Waals surface area contributed by atoms with Gasteiger partial charge in [-0.05, 0) is 11.8 Å². The van der Waals surface area contributed by atoms with Gasteiger partial charge in [0.05, 0.1) is 6.61 Å². The maximum absolute atomic E-state index is 8.52. The maximum Gasteiger partial charge on any atom is 0.140 e. The first-order valence-electron chi connectivity index (χ1n) is 6.72. The van der Waals surface area contributed by atoms with Crippen LogP contribution in [0.4, 0.5) is 0 Å². The highest BCUT2D eigenvalue weighted by Crippen LogP contribution is 2.01. The van der Waals surface area contributed by atoms with Gasteiger partial charge in [-0.1, -0.05) is 32.9 Å². The monoisotopic (exact) mass is 259 g/mol. The summed E-state index contributed by atoms with van der Waals surface area (Å²) in [5.74, 6) is 1.45. The zero-order valence-corrected chi connectivity index (χ0v) is 12.2. The fourth-order valence-electron chi connectivity index (χ4n) is 1.65. The second kappa shape index (κ2) is 10.1. The van der Waals surface area contributed by atoms with E-state index in [1.165, 1.54) is 0 Å². The van der Waals surface area contributed by atoms with E-state index in [9.17, 15) is 0 Å². The van der Waals surface area contributed by atoms with Gasteiger partial charge in [0.15, 0.2) is 0 Å². The highest BCUT2D eigenvalue weighted by Gasteiger charge is 2.08. The number of hydrogen-bond acceptors (Lipinski definition) is 4. The Labute approximate surface area is 111 Å². The molecule has 5 heteroatoms. The standard InChI is InChI=1S/C13H29N3O2/c1-11(2)9-16(6-5-13(14)15-17)7-8-18-10-12(3)4/h11-12,17H,5-10H2,1-4H3,(H2,14,15). The third-order valence-electron chi connectivity index (χ3n) is 2.44. The average molecular weight is 259 g/mol. The van der Waals surface area contributed by atoms with Gasteiger partial charge in [0.25, 0.3) is 0 Å². The molecule has 0 aliphatic carbocycles. The second-order valence-corrected chi connectivity index (χ2v) is 5.50. The lowest BCUT2D eigenvalue weighted by Crippen LogP contribution is -2.34. The first-order valence-corrected chi connectivity index (χ1v) is 6.72. The van der Waals surface area contributed by atoms with Gasteiger partial charge in [0.1, 0.15) is 5.84 Å². The Balaban J connectivity index is 3.91. The van der Waals surface area contributed by atoms with Gasteiger partial charge in [-0.3, -0.25) is 0 Å². The largest absolute Gasteiger partial charge is 0.409 e. The van der Waals surface area contributed by atoms with E-state index in [-0.39, 0.29) is 5.84 Å². The number of rotatable bonds is 10. The molecule has 0 rings (SSSR count). The molecule has 0 aliphatic rings. The highest BCUT2D eigenvalue weighted by atomic mass is 16.5. The molecule has 3 N–H and O–H groups in total. The summed E-state index contributed by atoms with van der Waals surface area (Å²) in [6, 6.07) is 0. The van der Waals surface area contributed by atoms with E-state index in [1.54, 1.807) is 0 Å². The van der Waals surface area contributed by atoms with Crippen LogP contribution in [0.15, 0.2) is 5.16 Å². The molecule has 0 fully saturated rings. The van der Waals surface area contributed by atoms with Crippen molar-refractivity contribution in [1.82, 2.24) is 4.90 Å². The number of hydrogen-bond donors (Lipinski definition) is 2. The number of ether oxygens (including phenoxy) is 1. The summed E-state index contributed by atoms with van der Waals surface area (Å²) in [5.41, 5.74) is 5.49. The third kappa shape index (κ3) is 10.4. The molecule has 0 amide bonds. The van der Waals surface area contributed by atoms with Crippen LogP contribution in [-0.4, -0.2) is 48.8 Å². The molecule has 0 spiro atoms. The van der Waals surface area contributed by atoms with Crippen molar-refractivity contribution in [3.63, 3.8) is 0 Å². The Morgan fingerprint density at radius 3 is 2.39 bits per heavy atom. The molecule has 0 atom stereocenters. The molecule has 108 valence electrons. The van der Waals surface area contributed by atoms with E-state index in [0.29, 0.717) is 18.3 Å². The quantitative estimate of drug-likeness (QED) is 0.206. The molecule has 0 heterocycles. The van der Waals surface area contributed by atoms with Crippen LogP contribution in [0.1, 0.15) is 34.1 Å². The Morgan fingerprint density at radius 2 is 1.89 bits per heavy atom. The minimum atomic E-state index is 0.284. The third-order valence-corrected chi connectivity index (χ3v) is 2.44. The van der Waals surface area contributed by atoms with Crippen LogP contribution in [0.5, 0.6) is 0 Å². The Morgan fingerprint density at radius 1 is 1.22 bits per heavy atom. The van der Waals surface area contributed by atoms with E-state index in [1.807, 2.05) is 0 Å². The minimum absolute atomic E-state index is 0.284. The predicted octanol–water partition coefficient (Wildman–Crippen LogP) is 1.75. The lowest BCUT2D eigenvalue weighted by molar-refractivity contribution is 0.0828. The fourth-order valence-corrected chi connectivity index (χ4v) is 1.65. The van der Waals surface area contributed by atoms with Gasteiger partial charge in [-0.25, -0.2) is 0 Å². The summed E-state index contributed by atoms with van der Waals surface area (Å²) < 4.78 is 5.59. The van der Waals surface area contributed by atoms with Gasteiger partial charge >= 0.3 is 0 Å². The van der Waals surface area contributed by atoms with Crippen molar-refractivity contribution in [2.75, 3.05) is 32.8 Å². The van der Waals surface area contributed by atoms with Crippen LogP contribution >= 0.6 is 0 Å². The SMILES string of the molecule is CC(C)COCCN(CCC(N)=NO)CC(C)C. The molecule has 5 nitrogen and oxygen atoms in total. The molecule has 0 aromatic rings. The fraction of sp³-hybridized carbons (Fsp3) is 0.923. The molecule has 0 radical (unpaired) electrons. The summed E-state index contributed by atoms with van der Waals surface area (Å²) in [5, 5.41) is 11.5. The summed E-state index contributed by atoms with van der Waals surface area (Å²) >= 11 is 0. The van der Waals surface area contributed by atoms with Crippen LogP contribution in [-0.2, 0) is 4.74 Å². The van der Waals surface area contributed by atoms with Crippen molar-refractivity contribution in [2.45, 2.75) is 34.1 Å². The lowest BCUT2D eigenvalue weighted by Gasteiger charge is -2.24. The van der Waals surface area contributed by atoms with Crippen molar-refractivity contribution in [3.8, 4) is 0 Å². The summed E-state index contributed by atoms with van der Waals surface area (Å²) in [6.45, 7) is 12.9. The summed E-state index contributed by atoms with van der Waals surface area (Å²) in [6.07, 6.45) is 0.591. The molecule has 0 bridgehead atoms. The molecule has 0 aromatic carbocycles. The zero-order chi connectivity index (χ0) is 14.0. The predicted molar refractivity (Wildman–Crippen MR) is 75.0 cm³/mol. The van der Waals surface area contributed by atoms with Crippen LogP contribution in [0, 0.1) is 11.8 Å². The van der Waals surface area contributed by atoms with Gasteiger partial charge in [-0.15, -0.1) is 0 Å². The Bertz CT molecular complexity index is 230. The molecular weight excluding hydrogens is 230 g/mol. The smallest absolute Gasteiger partial charge is 0.140 e. The minimum Gasteiger partial charge on any atom is -0.409 e. The van der Waals surface area contributed by atoms with Crippen LogP contribution in [0.25, 0.3) is 0 Å². The van der Waals surface area contributed by atoms with Crippen LogP contribution < -0.4 is 5.73 Å². The molecule has 0 unspecified atom stereocenters. The average Bonchev–Trinajstić information content (AvgIpc) is 2.29. The van der Waals surface area contributed by atoms with Crippen molar-refractivity contribution in [3.05, 3.63) is 0 Å². The summed E-state index contributed by atoms with van der Waals surface area (Å²) in [7, 11) is 0. The number of oxime groups is 1. The lowest BCUT2D eigenvalue weighted by atomic mass is 10.2. The normalized spacial score (nSPS) is 12.9. The summed E-state index contributed by atoms with van der Waals surface area (Å²) in [4.78, 5) is 2.29. The number of amidine groups is 1. The molecule has 0 saturated heterocycles. The van der Waals surface area contributed by atoms with Crippen molar-refractivity contribution >= 4 is 5.84 Å². The molecule has 18 heavy (non-hydrogen) atoms. The Hall–Kier alpha value is -0.810. The molecule has 0 saturated carbocycles.